The molecule has 5 unspecified atom stereocenters. The number of nitrogens with zero attached hydrogens (tertiary/aromatic N) is 1. The molecule has 6 aliphatic rings. The zero-order valence-electron chi connectivity index (χ0n) is 14.8. The Morgan fingerprint density at radius 1 is 0.958 bits per heavy atom. The van der Waals surface area contributed by atoms with Crippen molar-refractivity contribution in [3.63, 3.8) is 0 Å². The summed E-state index contributed by atoms with van der Waals surface area (Å²) < 4.78 is 6.21. The normalized spacial score (nSPS) is 47.5. The Morgan fingerprint density at radius 3 is 2.38 bits per heavy atom. The van der Waals surface area contributed by atoms with Gasteiger partial charge >= 0.3 is 5.97 Å². The van der Waals surface area contributed by atoms with Crippen LogP contribution in [0.4, 0.5) is 0 Å². The van der Waals surface area contributed by atoms with Crippen LogP contribution >= 0.6 is 0 Å². The first-order chi connectivity index (χ1) is 11.7. The van der Waals surface area contributed by atoms with Crippen LogP contribution in [0.25, 0.3) is 0 Å². The van der Waals surface area contributed by atoms with Crippen LogP contribution in [0.1, 0.15) is 64.2 Å². The van der Waals surface area contributed by atoms with Crippen molar-refractivity contribution >= 4 is 5.97 Å². The number of fused-ring (bicyclic) bond motifs is 5. The van der Waals surface area contributed by atoms with Crippen molar-refractivity contribution in [3.05, 3.63) is 0 Å². The minimum atomic E-state index is 0.157. The van der Waals surface area contributed by atoms with E-state index in [4.69, 9.17) is 4.74 Å². The van der Waals surface area contributed by atoms with Crippen LogP contribution in [0.3, 0.4) is 0 Å². The van der Waals surface area contributed by atoms with Crippen LogP contribution in [0.15, 0.2) is 0 Å². The van der Waals surface area contributed by atoms with E-state index in [0.717, 1.165) is 18.4 Å². The van der Waals surface area contributed by atoms with Crippen LogP contribution in [0.5, 0.6) is 0 Å². The first kappa shape index (κ1) is 14.6. The van der Waals surface area contributed by atoms with Gasteiger partial charge in [0.2, 0.25) is 0 Å². The Labute approximate surface area is 145 Å². The molecule has 2 spiro atoms. The maximum absolute atomic E-state index is 12.8. The van der Waals surface area contributed by atoms with Crippen LogP contribution in [0, 0.1) is 34.5 Å². The molecule has 2 aliphatic heterocycles. The van der Waals surface area contributed by atoms with Crippen LogP contribution in [-0.2, 0) is 9.53 Å². The minimum Gasteiger partial charge on any atom is -0.461 e. The quantitative estimate of drug-likeness (QED) is 0.725. The van der Waals surface area contributed by atoms with Gasteiger partial charge in [0, 0.05) is 18.4 Å². The molecule has 0 aromatic carbocycles. The maximum Gasteiger partial charge on any atom is 0.310 e. The van der Waals surface area contributed by atoms with Crippen molar-refractivity contribution in [1.29, 1.82) is 0 Å². The standard InChI is InChI=1S/C21H31NO2/c23-19-15(13-22-11-1-2-12-22)14-3-5-20(7-8-20)16-4-6-21(9-10-21)17(16)18(14)24-19/h14-18H,1-13H2. The van der Waals surface area contributed by atoms with Gasteiger partial charge in [0.15, 0.2) is 0 Å². The van der Waals surface area contributed by atoms with E-state index in [-0.39, 0.29) is 18.0 Å². The highest BCUT2D eigenvalue weighted by Crippen LogP contribution is 2.74. The lowest BCUT2D eigenvalue weighted by atomic mass is 9.73. The summed E-state index contributed by atoms with van der Waals surface area (Å²) in [5, 5.41) is 0. The summed E-state index contributed by atoms with van der Waals surface area (Å²) in [4.78, 5) is 15.3. The van der Waals surface area contributed by atoms with Crippen molar-refractivity contribution in [2.45, 2.75) is 70.3 Å². The molecule has 2 heterocycles. The molecule has 6 fully saturated rings. The van der Waals surface area contributed by atoms with E-state index in [1.807, 2.05) is 0 Å². The highest BCUT2D eigenvalue weighted by atomic mass is 16.6. The number of likely N-dealkylation sites (tertiary alicyclic amines) is 1. The maximum atomic E-state index is 12.8. The van der Waals surface area contributed by atoms with E-state index in [2.05, 4.69) is 4.90 Å². The Balaban J connectivity index is 1.32. The predicted octanol–water partition coefficient (Wildman–Crippen LogP) is 3.62. The van der Waals surface area contributed by atoms with Crippen molar-refractivity contribution in [1.82, 2.24) is 4.90 Å². The molecule has 3 nitrogen and oxygen atoms in total. The molecule has 0 aromatic heterocycles. The molecule has 5 atom stereocenters. The average Bonchev–Trinajstić information content (AvgIpc) is 3.39. The number of rotatable bonds is 2. The molecule has 0 amide bonds. The lowest BCUT2D eigenvalue weighted by molar-refractivity contribution is -0.148. The monoisotopic (exact) mass is 329 g/mol. The van der Waals surface area contributed by atoms with Crippen molar-refractivity contribution < 1.29 is 9.53 Å². The Kier molecular flexibility index (Phi) is 2.90. The Bertz CT molecular complexity index is 558. The van der Waals surface area contributed by atoms with Gasteiger partial charge < -0.3 is 9.64 Å². The zero-order chi connectivity index (χ0) is 15.9. The van der Waals surface area contributed by atoms with E-state index in [1.54, 1.807) is 0 Å². The van der Waals surface area contributed by atoms with Gasteiger partial charge in [0.05, 0.1) is 5.92 Å². The van der Waals surface area contributed by atoms with Gasteiger partial charge in [-0.25, -0.2) is 0 Å². The van der Waals surface area contributed by atoms with Crippen molar-refractivity contribution in [2.24, 2.45) is 34.5 Å². The molecule has 4 aliphatic carbocycles. The lowest BCUT2D eigenvalue weighted by Gasteiger charge is -2.33. The molecular formula is C21H31NO2. The lowest BCUT2D eigenvalue weighted by Crippen LogP contribution is -2.37. The fourth-order valence-corrected chi connectivity index (χ4v) is 7.52. The molecule has 2 saturated heterocycles. The molecule has 0 aromatic rings. The second kappa shape index (κ2) is 4.78. The summed E-state index contributed by atoms with van der Waals surface area (Å²) in [5.41, 5.74) is 1.27. The number of carbonyl (C=O) groups is 1. The predicted molar refractivity (Wildman–Crippen MR) is 91.3 cm³/mol. The number of esters is 1. The minimum absolute atomic E-state index is 0.157. The van der Waals surface area contributed by atoms with E-state index in [9.17, 15) is 4.79 Å². The third kappa shape index (κ3) is 1.91. The summed E-state index contributed by atoms with van der Waals surface area (Å²) >= 11 is 0. The molecule has 24 heavy (non-hydrogen) atoms. The van der Waals surface area contributed by atoms with Gasteiger partial charge in [0.1, 0.15) is 6.10 Å². The summed E-state index contributed by atoms with van der Waals surface area (Å²) in [5.74, 6) is 2.47. The molecule has 0 bridgehead atoms. The van der Waals surface area contributed by atoms with Crippen LogP contribution in [0.2, 0.25) is 0 Å². The van der Waals surface area contributed by atoms with E-state index in [0.29, 0.717) is 16.7 Å². The SMILES string of the molecule is O=C1OC2C(CCC3(CC3)C3CCC4(CC4)C23)C1CN1CCCC1. The smallest absolute Gasteiger partial charge is 0.310 e. The summed E-state index contributed by atoms with van der Waals surface area (Å²) in [6.45, 7) is 3.37. The van der Waals surface area contributed by atoms with E-state index >= 15 is 0 Å². The number of hydrogen-bond donors (Lipinski definition) is 0. The van der Waals surface area contributed by atoms with Gasteiger partial charge in [0.25, 0.3) is 0 Å². The van der Waals surface area contributed by atoms with Gasteiger partial charge in [-0.15, -0.1) is 0 Å². The Hall–Kier alpha value is -0.570. The molecule has 0 N–H and O–H groups in total. The highest BCUT2D eigenvalue weighted by molar-refractivity contribution is 5.75. The topological polar surface area (TPSA) is 29.5 Å². The summed E-state index contributed by atoms with van der Waals surface area (Å²) in [6, 6.07) is 0. The van der Waals surface area contributed by atoms with Gasteiger partial charge in [-0.2, -0.15) is 0 Å². The van der Waals surface area contributed by atoms with Gasteiger partial charge in [-0.05, 0) is 94.0 Å². The molecule has 132 valence electrons. The third-order valence-corrected chi connectivity index (χ3v) is 9.14. The molecule has 3 heteroatoms. The first-order valence-electron chi connectivity index (χ1n) is 10.6. The van der Waals surface area contributed by atoms with Crippen molar-refractivity contribution in [2.75, 3.05) is 19.6 Å². The number of ether oxygens (including phenoxy) is 1. The van der Waals surface area contributed by atoms with E-state index in [1.165, 1.54) is 77.3 Å². The van der Waals surface area contributed by atoms with Crippen LogP contribution in [-0.4, -0.2) is 36.6 Å². The van der Waals surface area contributed by atoms with E-state index < -0.39 is 0 Å². The summed E-state index contributed by atoms with van der Waals surface area (Å²) in [7, 11) is 0. The summed E-state index contributed by atoms with van der Waals surface area (Å²) in [6.07, 6.45) is 14.2. The average molecular weight is 329 g/mol. The van der Waals surface area contributed by atoms with Gasteiger partial charge in [-0.3, -0.25) is 4.79 Å². The first-order valence-corrected chi connectivity index (χ1v) is 10.6. The second-order valence-corrected chi connectivity index (χ2v) is 10.1. The molecule has 4 saturated carbocycles. The third-order valence-electron chi connectivity index (χ3n) is 9.14. The molecule has 0 radical (unpaired) electrons. The number of carbonyl (C=O) groups excluding carboxylic acids is 1. The van der Waals surface area contributed by atoms with Crippen LogP contribution < -0.4 is 0 Å². The number of hydrogen-bond acceptors (Lipinski definition) is 3. The fourth-order valence-electron chi connectivity index (χ4n) is 7.52. The molecular weight excluding hydrogens is 298 g/mol. The van der Waals surface area contributed by atoms with Crippen molar-refractivity contribution in [3.8, 4) is 0 Å². The zero-order valence-corrected chi connectivity index (χ0v) is 14.8. The molecule has 6 rings (SSSR count). The fraction of sp³-hybridized carbons (Fsp3) is 0.952. The Morgan fingerprint density at radius 2 is 1.67 bits per heavy atom. The van der Waals surface area contributed by atoms with Gasteiger partial charge in [-0.1, -0.05) is 0 Å². The largest absolute Gasteiger partial charge is 0.461 e. The highest BCUT2D eigenvalue weighted by Gasteiger charge is 2.69. The second-order valence-electron chi connectivity index (χ2n) is 10.1.